The molecule has 0 saturated carbocycles. The molecule has 1 aliphatic heterocycles. The summed E-state index contributed by atoms with van der Waals surface area (Å²) in [4.78, 5) is 27.6. The first-order valence-corrected chi connectivity index (χ1v) is 10.1. The zero-order chi connectivity index (χ0) is 21.3. The number of hydrogen-bond acceptors (Lipinski definition) is 3. The Labute approximate surface area is 173 Å². The molecule has 1 N–H and O–H groups in total. The Bertz CT molecular complexity index is 927. The van der Waals surface area contributed by atoms with Crippen molar-refractivity contribution in [1.82, 2.24) is 0 Å². The number of nitrogens with one attached hydrogen (secondary N) is 1. The molecule has 0 spiro atoms. The summed E-state index contributed by atoms with van der Waals surface area (Å²) >= 11 is 0. The molecule has 0 atom stereocenters. The van der Waals surface area contributed by atoms with Gasteiger partial charge in [0.1, 0.15) is 12.4 Å². The van der Waals surface area contributed by atoms with E-state index in [-0.39, 0.29) is 11.8 Å². The lowest BCUT2D eigenvalue weighted by molar-refractivity contribution is -0.127. The first-order valence-electron chi connectivity index (χ1n) is 10.1. The zero-order valence-corrected chi connectivity index (χ0v) is 18.1. The van der Waals surface area contributed by atoms with Gasteiger partial charge in [-0.15, -0.1) is 0 Å². The van der Waals surface area contributed by atoms with Crippen LogP contribution in [-0.2, 0) is 4.79 Å². The highest BCUT2D eigenvalue weighted by Crippen LogP contribution is 2.38. The molecule has 29 heavy (non-hydrogen) atoms. The standard InChI is InChI=1S/C24H30N2O3/c1-15(2)13-26-20-8-7-19(12-21(20)29-14-24(5,6)23(26)28)25-22(27)18-10-16(3)9-17(4)11-18/h7-12,15H,13-14H2,1-6H3,(H,25,27). The Hall–Kier alpha value is -2.82. The topological polar surface area (TPSA) is 58.6 Å². The number of aryl methyl sites for hydroxylation is 2. The second-order valence-corrected chi connectivity index (χ2v) is 9.00. The Morgan fingerprint density at radius 2 is 1.79 bits per heavy atom. The summed E-state index contributed by atoms with van der Waals surface area (Å²) in [7, 11) is 0. The molecule has 2 aromatic rings. The summed E-state index contributed by atoms with van der Waals surface area (Å²) in [5.41, 5.74) is 3.49. The molecule has 0 radical (unpaired) electrons. The Balaban J connectivity index is 1.91. The van der Waals surface area contributed by atoms with Gasteiger partial charge in [-0.3, -0.25) is 9.59 Å². The number of ether oxygens (including phenoxy) is 1. The van der Waals surface area contributed by atoms with E-state index in [1.807, 2.05) is 62.9 Å². The van der Waals surface area contributed by atoms with E-state index in [2.05, 4.69) is 19.2 Å². The number of carbonyl (C=O) groups excluding carboxylic acids is 2. The monoisotopic (exact) mass is 394 g/mol. The van der Waals surface area contributed by atoms with Crippen molar-refractivity contribution in [1.29, 1.82) is 0 Å². The molecular formula is C24H30N2O3. The first kappa shape index (κ1) is 20.9. The van der Waals surface area contributed by atoms with Crippen molar-refractivity contribution >= 4 is 23.2 Å². The van der Waals surface area contributed by atoms with Crippen molar-refractivity contribution in [2.45, 2.75) is 41.5 Å². The van der Waals surface area contributed by atoms with Crippen LogP contribution in [0.1, 0.15) is 49.2 Å². The molecular weight excluding hydrogens is 364 g/mol. The molecule has 0 aliphatic carbocycles. The molecule has 154 valence electrons. The molecule has 0 unspecified atom stereocenters. The minimum absolute atomic E-state index is 0.0528. The number of amides is 2. The largest absolute Gasteiger partial charge is 0.490 e. The van der Waals surface area contributed by atoms with Crippen molar-refractivity contribution in [3.8, 4) is 5.75 Å². The zero-order valence-electron chi connectivity index (χ0n) is 18.1. The van der Waals surface area contributed by atoms with E-state index in [1.54, 1.807) is 6.07 Å². The molecule has 5 nitrogen and oxygen atoms in total. The second kappa shape index (κ2) is 7.90. The SMILES string of the molecule is Cc1cc(C)cc(C(=O)Nc2ccc3c(c2)OCC(C)(C)C(=O)N3CC(C)C)c1. The lowest BCUT2D eigenvalue weighted by Crippen LogP contribution is -2.43. The van der Waals surface area contributed by atoms with E-state index in [1.165, 1.54) is 0 Å². The van der Waals surface area contributed by atoms with Crippen LogP contribution >= 0.6 is 0 Å². The van der Waals surface area contributed by atoms with Crippen LogP contribution in [0.2, 0.25) is 0 Å². The summed E-state index contributed by atoms with van der Waals surface area (Å²) in [5, 5.41) is 2.95. The average Bonchev–Trinajstić information content (AvgIpc) is 2.71. The van der Waals surface area contributed by atoms with E-state index in [4.69, 9.17) is 4.74 Å². The number of anilines is 2. The van der Waals surface area contributed by atoms with Crippen LogP contribution in [0.25, 0.3) is 0 Å². The van der Waals surface area contributed by atoms with Gasteiger partial charge in [0, 0.05) is 23.9 Å². The Morgan fingerprint density at radius 1 is 1.14 bits per heavy atom. The fourth-order valence-electron chi connectivity index (χ4n) is 3.58. The van der Waals surface area contributed by atoms with Crippen LogP contribution < -0.4 is 15.0 Å². The molecule has 3 rings (SSSR count). The number of benzene rings is 2. The van der Waals surface area contributed by atoms with Gasteiger partial charge in [0.15, 0.2) is 0 Å². The molecule has 0 saturated heterocycles. The highest BCUT2D eigenvalue weighted by Gasteiger charge is 2.38. The minimum Gasteiger partial charge on any atom is -0.490 e. The van der Waals surface area contributed by atoms with Crippen LogP contribution in [0, 0.1) is 25.2 Å². The van der Waals surface area contributed by atoms with Crippen LogP contribution in [0.5, 0.6) is 5.75 Å². The fraction of sp³-hybridized carbons (Fsp3) is 0.417. The van der Waals surface area contributed by atoms with E-state index < -0.39 is 5.41 Å². The third-order valence-corrected chi connectivity index (χ3v) is 4.95. The number of hydrogen-bond donors (Lipinski definition) is 1. The Morgan fingerprint density at radius 3 is 2.41 bits per heavy atom. The summed E-state index contributed by atoms with van der Waals surface area (Å²) in [6.07, 6.45) is 0. The third-order valence-electron chi connectivity index (χ3n) is 4.95. The van der Waals surface area contributed by atoms with Crippen molar-refractivity contribution in [2.75, 3.05) is 23.4 Å². The summed E-state index contributed by atoms with van der Waals surface area (Å²) in [6.45, 7) is 12.8. The highest BCUT2D eigenvalue weighted by molar-refractivity contribution is 6.05. The van der Waals surface area contributed by atoms with Crippen molar-refractivity contribution in [3.05, 3.63) is 53.1 Å². The molecule has 1 aliphatic rings. The number of carbonyl (C=O) groups is 2. The van der Waals surface area contributed by atoms with Gasteiger partial charge >= 0.3 is 0 Å². The van der Waals surface area contributed by atoms with Crippen LogP contribution in [0.4, 0.5) is 11.4 Å². The van der Waals surface area contributed by atoms with Crippen LogP contribution in [0.3, 0.4) is 0 Å². The molecule has 2 aromatic carbocycles. The molecule has 5 heteroatoms. The highest BCUT2D eigenvalue weighted by atomic mass is 16.5. The minimum atomic E-state index is -0.615. The summed E-state index contributed by atoms with van der Waals surface area (Å²) < 4.78 is 6.00. The van der Waals surface area contributed by atoms with Gasteiger partial charge in [0.25, 0.3) is 5.91 Å². The molecule has 0 bridgehead atoms. The number of rotatable bonds is 4. The van der Waals surface area contributed by atoms with Crippen molar-refractivity contribution < 1.29 is 14.3 Å². The van der Waals surface area contributed by atoms with Gasteiger partial charge in [-0.25, -0.2) is 0 Å². The molecule has 0 fully saturated rings. The maximum atomic E-state index is 13.1. The lowest BCUT2D eigenvalue weighted by Gasteiger charge is -2.29. The van der Waals surface area contributed by atoms with Gasteiger partial charge in [-0.1, -0.05) is 31.0 Å². The second-order valence-electron chi connectivity index (χ2n) is 9.00. The molecule has 0 aromatic heterocycles. The van der Waals surface area contributed by atoms with Crippen molar-refractivity contribution in [2.24, 2.45) is 11.3 Å². The summed E-state index contributed by atoms with van der Waals surface area (Å²) in [6, 6.07) is 11.3. The molecule has 1 heterocycles. The maximum absolute atomic E-state index is 13.1. The van der Waals surface area contributed by atoms with Gasteiger partial charge in [0.05, 0.1) is 11.1 Å². The predicted molar refractivity (Wildman–Crippen MR) is 117 cm³/mol. The van der Waals surface area contributed by atoms with Crippen LogP contribution in [-0.4, -0.2) is 25.0 Å². The van der Waals surface area contributed by atoms with E-state index in [0.29, 0.717) is 36.1 Å². The van der Waals surface area contributed by atoms with E-state index in [0.717, 1.165) is 16.8 Å². The van der Waals surface area contributed by atoms with Crippen molar-refractivity contribution in [3.63, 3.8) is 0 Å². The number of fused-ring (bicyclic) bond motifs is 1. The van der Waals surface area contributed by atoms with E-state index in [9.17, 15) is 9.59 Å². The fourth-order valence-corrected chi connectivity index (χ4v) is 3.58. The predicted octanol–water partition coefficient (Wildman–Crippen LogP) is 4.96. The van der Waals surface area contributed by atoms with Gasteiger partial charge in [0.2, 0.25) is 5.91 Å². The smallest absolute Gasteiger partial charge is 0.255 e. The third kappa shape index (κ3) is 4.61. The Kier molecular flexibility index (Phi) is 5.69. The first-order chi connectivity index (χ1) is 13.6. The number of nitrogens with zero attached hydrogens (tertiary/aromatic N) is 1. The quantitative estimate of drug-likeness (QED) is 0.797. The van der Waals surface area contributed by atoms with Gasteiger partial charge < -0.3 is 15.0 Å². The van der Waals surface area contributed by atoms with Crippen LogP contribution in [0.15, 0.2) is 36.4 Å². The normalized spacial score (nSPS) is 15.6. The summed E-state index contributed by atoms with van der Waals surface area (Å²) in [5.74, 6) is 0.824. The lowest BCUT2D eigenvalue weighted by atomic mass is 9.92. The van der Waals surface area contributed by atoms with E-state index >= 15 is 0 Å². The van der Waals surface area contributed by atoms with Gasteiger partial charge in [-0.05, 0) is 57.9 Å². The molecule has 2 amide bonds. The maximum Gasteiger partial charge on any atom is 0.255 e. The average molecular weight is 395 g/mol. The van der Waals surface area contributed by atoms with Gasteiger partial charge in [-0.2, -0.15) is 0 Å².